The van der Waals surface area contributed by atoms with Crippen molar-refractivity contribution in [1.82, 2.24) is 10.4 Å². The molecule has 53 heavy (non-hydrogen) atoms. The summed E-state index contributed by atoms with van der Waals surface area (Å²) in [5.74, 6) is -1.91. The number of carboxylic acids is 1. The number of carbonyl (C=O) groups excluding carboxylic acids is 2. The number of benzene rings is 5. The number of amides is 2. The molecule has 10 nitrogen and oxygen atoms in total. The lowest BCUT2D eigenvalue weighted by molar-refractivity contribution is -0.192. The van der Waals surface area contributed by atoms with E-state index in [0.29, 0.717) is 43.4 Å². The van der Waals surface area contributed by atoms with E-state index in [-0.39, 0.29) is 24.7 Å². The van der Waals surface area contributed by atoms with Crippen molar-refractivity contribution in [2.24, 2.45) is 5.73 Å². The number of hydrogen-bond donors (Lipinski definition) is 3. The van der Waals surface area contributed by atoms with Gasteiger partial charge in [0.15, 0.2) is 5.75 Å². The lowest BCUT2D eigenvalue weighted by atomic mass is 10.0. The van der Waals surface area contributed by atoms with Crippen LogP contribution in [0.1, 0.15) is 24.0 Å². The standard InChI is InChI=1S/C38H39N5O3.C2HF3O2/c39-27-29-10-8-16-33(26-29)46-36-19-7-6-18-35(36)43(28-31-13-9-12-30-11-4-5-17-34(30)31)38(45)21-20-37(44)40-42-24-22-41(23-25-42)32-14-2-1-3-15-32;3-2(4,5)1(6)7/h1-19,26H,20-25,27-28,39H2,(H,40,44);(H,6,7). The van der Waals surface area contributed by atoms with Crippen LogP contribution in [0, 0.1) is 0 Å². The maximum absolute atomic E-state index is 14.0. The Labute approximate surface area is 305 Å². The first kappa shape index (κ1) is 38.3. The fourth-order valence-corrected chi connectivity index (χ4v) is 5.84. The van der Waals surface area contributed by atoms with Crippen LogP contribution in [0.5, 0.6) is 11.5 Å². The van der Waals surface area contributed by atoms with Crippen molar-refractivity contribution >= 4 is 39.9 Å². The first-order valence-electron chi connectivity index (χ1n) is 17.0. The van der Waals surface area contributed by atoms with Gasteiger partial charge >= 0.3 is 12.1 Å². The van der Waals surface area contributed by atoms with Gasteiger partial charge in [0.1, 0.15) is 5.75 Å². The number of nitrogens with two attached hydrogens (primary N) is 1. The zero-order valence-electron chi connectivity index (χ0n) is 28.8. The molecule has 5 aromatic carbocycles. The summed E-state index contributed by atoms with van der Waals surface area (Å²) in [4.78, 5) is 40.0. The van der Waals surface area contributed by atoms with Crippen LogP contribution in [0.3, 0.4) is 0 Å². The summed E-state index contributed by atoms with van der Waals surface area (Å²) in [7, 11) is 0. The number of carboxylic acid groups (broad SMARTS) is 1. The molecule has 0 bridgehead atoms. The van der Waals surface area contributed by atoms with Crippen LogP contribution in [-0.2, 0) is 27.5 Å². The second-order valence-corrected chi connectivity index (χ2v) is 12.2. The van der Waals surface area contributed by atoms with Crippen molar-refractivity contribution in [3.8, 4) is 11.5 Å². The third kappa shape index (κ3) is 10.8. The summed E-state index contributed by atoms with van der Waals surface area (Å²) in [5.41, 5.74) is 12.7. The minimum absolute atomic E-state index is 0.0531. The number of carbonyl (C=O) groups is 3. The molecule has 0 spiro atoms. The molecule has 276 valence electrons. The number of alkyl halides is 3. The van der Waals surface area contributed by atoms with Crippen LogP contribution in [0.4, 0.5) is 24.5 Å². The summed E-state index contributed by atoms with van der Waals surface area (Å²) in [6.45, 7) is 3.76. The number of aliphatic carboxylic acids is 1. The lowest BCUT2D eigenvalue weighted by Crippen LogP contribution is -2.53. The number of para-hydroxylation sites is 3. The normalized spacial score (nSPS) is 13.1. The van der Waals surface area contributed by atoms with Gasteiger partial charge in [-0.1, -0.05) is 84.9 Å². The molecular weight excluding hydrogens is 687 g/mol. The minimum Gasteiger partial charge on any atom is -0.475 e. The number of piperazine rings is 1. The molecule has 1 aliphatic heterocycles. The fourth-order valence-electron chi connectivity index (χ4n) is 5.84. The Balaban J connectivity index is 0.000000705. The van der Waals surface area contributed by atoms with Crippen molar-refractivity contribution < 1.29 is 37.4 Å². The Hall–Kier alpha value is -5.92. The Bertz CT molecular complexity index is 2000. The van der Waals surface area contributed by atoms with Gasteiger partial charge in [-0.15, -0.1) is 0 Å². The molecule has 0 saturated carbocycles. The number of halogens is 3. The SMILES string of the molecule is NCc1cccc(Oc2ccccc2N(Cc2cccc3ccccc23)C(=O)CCC(=O)NN2CCN(c3ccccc3)CC2)c1.O=C(O)C(F)(F)F. The predicted octanol–water partition coefficient (Wildman–Crippen LogP) is 6.89. The Morgan fingerprint density at radius 2 is 1.43 bits per heavy atom. The molecule has 0 aliphatic carbocycles. The molecule has 6 rings (SSSR count). The summed E-state index contributed by atoms with van der Waals surface area (Å²) in [6, 6.07) is 39.7. The quantitative estimate of drug-likeness (QED) is 0.134. The van der Waals surface area contributed by atoms with E-state index in [1.54, 1.807) is 4.90 Å². The highest BCUT2D eigenvalue weighted by atomic mass is 19.4. The van der Waals surface area contributed by atoms with Crippen LogP contribution in [0.2, 0.25) is 0 Å². The zero-order valence-corrected chi connectivity index (χ0v) is 28.8. The van der Waals surface area contributed by atoms with Crippen LogP contribution >= 0.6 is 0 Å². The molecule has 1 saturated heterocycles. The molecule has 0 atom stereocenters. The molecule has 13 heteroatoms. The highest BCUT2D eigenvalue weighted by molar-refractivity contribution is 5.97. The molecule has 2 amide bonds. The highest BCUT2D eigenvalue weighted by Crippen LogP contribution is 2.35. The fraction of sp³-hybridized carbons (Fsp3) is 0.225. The Kier molecular flexibility index (Phi) is 13.0. The van der Waals surface area contributed by atoms with Gasteiger partial charge in [0.25, 0.3) is 0 Å². The average molecular weight is 728 g/mol. The predicted molar refractivity (Wildman–Crippen MR) is 197 cm³/mol. The third-order valence-electron chi connectivity index (χ3n) is 8.52. The van der Waals surface area contributed by atoms with Crippen LogP contribution < -0.4 is 25.7 Å². The molecule has 1 fully saturated rings. The third-order valence-corrected chi connectivity index (χ3v) is 8.52. The number of nitrogens with one attached hydrogen (secondary N) is 1. The van der Waals surface area contributed by atoms with Crippen molar-refractivity contribution in [3.63, 3.8) is 0 Å². The van der Waals surface area contributed by atoms with E-state index in [9.17, 15) is 22.8 Å². The van der Waals surface area contributed by atoms with Crippen molar-refractivity contribution in [2.75, 3.05) is 36.0 Å². The zero-order chi connectivity index (χ0) is 37.8. The number of fused-ring (bicyclic) bond motifs is 1. The van der Waals surface area contributed by atoms with E-state index in [2.05, 4.69) is 40.7 Å². The van der Waals surface area contributed by atoms with Gasteiger partial charge in [-0.2, -0.15) is 13.2 Å². The first-order valence-corrected chi connectivity index (χ1v) is 17.0. The van der Waals surface area contributed by atoms with E-state index in [0.717, 1.165) is 35.0 Å². The van der Waals surface area contributed by atoms with Gasteiger partial charge in [0.2, 0.25) is 11.8 Å². The molecule has 0 aromatic heterocycles. The Morgan fingerprint density at radius 3 is 2.15 bits per heavy atom. The smallest absolute Gasteiger partial charge is 0.475 e. The monoisotopic (exact) mass is 727 g/mol. The molecule has 1 heterocycles. The maximum Gasteiger partial charge on any atom is 0.490 e. The van der Waals surface area contributed by atoms with Crippen molar-refractivity contribution in [2.45, 2.75) is 32.1 Å². The van der Waals surface area contributed by atoms with Crippen LogP contribution in [-0.4, -0.2) is 60.3 Å². The topological polar surface area (TPSA) is 128 Å². The van der Waals surface area contributed by atoms with Crippen molar-refractivity contribution in [1.29, 1.82) is 0 Å². The van der Waals surface area contributed by atoms with Gasteiger partial charge in [0, 0.05) is 51.3 Å². The highest BCUT2D eigenvalue weighted by Gasteiger charge is 2.38. The van der Waals surface area contributed by atoms with E-state index in [1.807, 2.05) is 96.0 Å². The lowest BCUT2D eigenvalue weighted by Gasteiger charge is -2.36. The average Bonchev–Trinajstić information content (AvgIpc) is 3.17. The number of hydrogen-bond acceptors (Lipinski definition) is 7. The number of rotatable bonds is 11. The number of ether oxygens (including phenoxy) is 1. The van der Waals surface area contributed by atoms with Gasteiger partial charge in [-0.25, -0.2) is 9.80 Å². The molecule has 5 aromatic rings. The van der Waals surface area contributed by atoms with Gasteiger partial charge < -0.3 is 25.4 Å². The van der Waals surface area contributed by atoms with Gasteiger partial charge in [0.05, 0.1) is 12.2 Å². The van der Waals surface area contributed by atoms with Gasteiger partial charge in [-0.05, 0) is 58.3 Å². The summed E-state index contributed by atoms with van der Waals surface area (Å²) >= 11 is 0. The van der Waals surface area contributed by atoms with E-state index < -0.39 is 12.1 Å². The van der Waals surface area contributed by atoms with E-state index in [1.165, 1.54) is 5.69 Å². The molecular formula is C40H40F3N5O5. The van der Waals surface area contributed by atoms with E-state index in [4.69, 9.17) is 20.4 Å². The van der Waals surface area contributed by atoms with Gasteiger partial charge in [-0.3, -0.25) is 15.0 Å². The molecule has 0 radical (unpaired) electrons. The minimum atomic E-state index is -5.08. The second-order valence-electron chi connectivity index (χ2n) is 12.2. The molecule has 4 N–H and O–H groups in total. The number of anilines is 2. The largest absolute Gasteiger partial charge is 0.490 e. The number of hydrazine groups is 1. The van der Waals surface area contributed by atoms with E-state index >= 15 is 0 Å². The number of nitrogens with zero attached hydrogens (tertiary/aromatic N) is 3. The summed E-state index contributed by atoms with van der Waals surface area (Å²) in [5, 5.41) is 11.2. The Morgan fingerprint density at radius 1 is 0.792 bits per heavy atom. The summed E-state index contributed by atoms with van der Waals surface area (Å²) < 4.78 is 38.1. The molecule has 1 aliphatic rings. The van der Waals surface area contributed by atoms with Crippen LogP contribution in [0.25, 0.3) is 10.8 Å². The van der Waals surface area contributed by atoms with Crippen molar-refractivity contribution in [3.05, 3.63) is 132 Å². The van der Waals surface area contributed by atoms with Crippen LogP contribution in [0.15, 0.2) is 121 Å². The second kappa shape index (κ2) is 18.0. The maximum atomic E-state index is 14.0. The molecule has 0 unspecified atom stereocenters. The first-order chi connectivity index (χ1) is 25.5. The summed E-state index contributed by atoms with van der Waals surface area (Å²) in [6.07, 6.45) is -4.96.